The van der Waals surface area contributed by atoms with E-state index >= 15 is 0 Å². The van der Waals surface area contributed by atoms with E-state index in [9.17, 15) is 9.59 Å². The van der Waals surface area contributed by atoms with Gasteiger partial charge in [-0.3, -0.25) is 14.5 Å². The number of likely N-dealkylation sites (tertiary alicyclic amines) is 1. The molecule has 86 valence electrons. The lowest BCUT2D eigenvalue weighted by Crippen LogP contribution is -2.53. The molecule has 0 aromatic rings. The van der Waals surface area contributed by atoms with E-state index in [2.05, 4.69) is 5.32 Å². The van der Waals surface area contributed by atoms with Crippen LogP contribution in [-0.4, -0.2) is 42.3 Å². The fraction of sp³-hybridized carbons (Fsp3) is 0.818. The maximum absolute atomic E-state index is 11.5. The molecule has 0 aromatic carbocycles. The van der Waals surface area contributed by atoms with Crippen LogP contribution in [-0.2, 0) is 9.59 Å². The van der Waals surface area contributed by atoms with Crippen LogP contribution in [0.5, 0.6) is 0 Å². The van der Waals surface area contributed by atoms with Crippen molar-refractivity contribution in [1.82, 2.24) is 10.2 Å². The molecule has 1 heterocycles. The van der Waals surface area contributed by atoms with Gasteiger partial charge in [-0.25, -0.2) is 0 Å². The van der Waals surface area contributed by atoms with Gasteiger partial charge in [-0.05, 0) is 33.2 Å². The number of likely N-dealkylation sites (N-methyl/N-ethyl adjacent to an activating group) is 1. The minimum absolute atomic E-state index is 0.0110. The molecule has 2 unspecified atom stereocenters. The van der Waals surface area contributed by atoms with Gasteiger partial charge in [0.2, 0.25) is 5.91 Å². The van der Waals surface area contributed by atoms with Crippen molar-refractivity contribution in [3.05, 3.63) is 0 Å². The van der Waals surface area contributed by atoms with Gasteiger partial charge in [0.05, 0.1) is 12.1 Å². The van der Waals surface area contributed by atoms with Crippen LogP contribution in [0.15, 0.2) is 0 Å². The van der Waals surface area contributed by atoms with Crippen LogP contribution < -0.4 is 5.32 Å². The first-order chi connectivity index (χ1) is 7.07. The summed E-state index contributed by atoms with van der Waals surface area (Å²) in [4.78, 5) is 25.0. The summed E-state index contributed by atoms with van der Waals surface area (Å²) in [5.41, 5.74) is 0. The number of Topliss-reactive ketones (excluding diaryl/α,β-unsaturated/α-hetero) is 1. The Hall–Kier alpha value is -0.900. The molecule has 2 atom stereocenters. The van der Waals surface area contributed by atoms with E-state index in [0.29, 0.717) is 0 Å². The Morgan fingerprint density at radius 3 is 2.60 bits per heavy atom. The third kappa shape index (κ3) is 2.78. The molecule has 1 N–H and O–H groups in total. The molecule has 1 rings (SSSR count). The average Bonchev–Trinajstić information content (AvgIpc) is 2.27. The zero-order valence-corrected chi connectivity index (χ0v) is 9.75. The van der Waals surface area contributed by atoms with Gasteiger partial charge in [0, 0.05) is 7.05 Å². The van der Waals surface area contributed by atoms with Gasteiger partial charge in [-0.1, -0.05) is 6.42 Å². The number of nitrogens with one attached hydrogen (secondary N) is 1. The SMILES string of the molecule is CNC(=O)C(C)N1CCCCC1C(C)=O. The molecule has 0 bridgehead atoms. The summed E-state index contributed by atoms with van der Waals surface area (Å²) in [5, 5.41) is 2.63. The molecule has 1 aliphatic rings. The lowest BCUT2D eigenvalue weighted by atomic mass is 9.97. The highest BCUT2D eigenvalue weighted by atomic mass is 16.2. The number of rotatable bonds is 3. The second-order valence-corrected chi connectivity index (χ2v) is 4.15. The lowest BCUT2D eigenvalue weighted by molar-refractivity contribution is -0.131. The van der Waals surface area contributed by atoms with E-state index < -0.39 is 0 Å². The van der Waals surface area contributed by atoms with Crippen molar-refractivity contribution in [1.29, 1.82) is 0 Å². The second kappa shape index (κ2) is 5.26. The van der Waals surface area contributed by atoms with Gasteiger partial charge in [-0.15, -0.1) is 0 Å². The highest BCUT2D eigenvalue weighted by Crippen LogP contribution is 2.20. The lowest BCUT2D eigenvalue weighted by Gasteiger charge is -2.37. The van der Waals surface area contributed by atoms with Crippen LogP contribution in [0.25, 0.3) is 0 Å². The minimum atomic E-state index is -0.204. The Morgan fingerprint density at radius 2 is 2.07 bits per heavy atom. The maximum Gasteiger partial charge on any atom is 0.236 e. The summed E-state index contributed by atoms with van der Waals surface area (Å²) in [6, 6.07) is -0.268. The molecule has 0 saturated carbocycles. The minimum Gasteiger partial charge on any atom is -0.358 e. The summed E-state index contributed by atoms with van der Waals surface area (Å²) >= 11 is 0. The van der Waals surface area contributed by atoms with Gasteiger partial charge in [0.15, 0.2) is 0 Å². The third-order valence-corrected chi connectivity index (χ3v) is 3.14. The number of hydrogen-bond acceptors (Lipinski definition) is 3. The van der Waals surface area contributed by atoms with Crippen LogP contribution in [0.1, 0.15) is 33.1 Å². The van der Waals surface area contributed by atoms with Crippen molar-refractivity contribution in [2.24, 2.45) is 0 Å². The topological polar surface area (TPSA) is 49.4 Å². The van der Waals surface area contributed by atoms with E-state index in [1.807, 2.05) is 11.8 Å². The van der Waals surface area contributed by atoms with Crippen LogP contribution in [0, 0.1) is 0 Å². The normalized spacial score (nSPS) is 24.6. The molecule has 4 nitrogen and oxygen atoms in total. The molecule has 1 aliphatic heterocycles. The Labute approximate surface area is 91.0 Å². The largest absolute Gasteiger partial charge is 0.358 e. The summed E-state index contributed by atoms with van der Waals surface area (Å²) in [5.74, 6) is 0.161. The standard InChI is InChI=1S/C11H20N2O2/c1-8(11(15)12-3)13-7-5-4-6-10(13)9(2)14/h8,10H,4-7H2,1-3H3,(H,12,15). The number of piperidine rings is 1. The van der Waals surface area contributed by atoms with E-state index in [1.54, 1.807) is 14.0 Å². The smallest absolute Gasteiger partial charge is 0.236 e. The molecule has 0 spiro atoms. The highest BCUT2D eigenvalue weighted by molar-refractivity contribution is 5.84. The van der Waals surface area contributed by atoms with Crippen LogP contribution >= 0.6 is 0 Å². The maximum atomic E-state index is 11.5. The van der Waals surface area contributed by atoms with Gasteiger partial charge in [0.1, 0.15) is 5.78 Å². The van der Waals surface area contributed by atoms with Crippen molar-refractivity contribution in [2.75, 3.05) is 13.6 Å². The number of nitrogens with zero attached hydrogens (tertiary/aromatic N) is 1. The van der Waals surface area contributed by atoms with Crippen LogP contribution in [0.3, 0.4) is 0 Å². The third-order valence-electron chi connectivity index (χ3n) is 3.14. The zero-order valence-electron chi connectivity index (χ0n) is 9.75. The first kappa shape index (κ1) is 12.2. The molecular weight excluding hydrogens is 192 g/mol. The fourth-order valence-electron chi connectivity index (χ4n) is 2.21. The average molecular weight is 212 g/mol. The summed E-state index contributed by atoms with van der Waals surface area (Å²) in [6.45, 7) is 4.32. The summed E-state index contributed by atoms with van der Waals surface area (Å²) in [7, 11) is 1.63. The van der Waals surface area contributed by atoms with Crippen molar-refractivity contribution in [3.63, 3.8) is 0 Å². The van der Waals surface area contributed by atoms with Gasteiger partial charge in [-0.2, -0.15) is 0 Å². The zero-order chi connectivity index (χ0) is 11.4. The van der Waals surface area contributed by atoms with Crippen molar-refractivity contribution < 1.29 is 9.59 Å². The number of amides is 1. The van der Waals surface area contributed by atoms with Crippen LogP contribution in [0.4, 0.5) is 0 Å². The monoisotopic (exact) mass is 212 g/mol. The van der Waals surface area contributed by atoms with Crippen molar-refractivity contribution >= 4 is 11.7 Å². The van der Waals surface area contributed by atoms with Crippen molar-refractivity contribution in [3.8, 4) is 0 Å². The van der Waals surface area contributed by atoms with Crippen LogP contribution in [0.2, 0.25) is 0 Å². The predicted molar refractivity (Wildman–Crippen MR) is 58.6 cm³/mol. The first-order valence-corrected chi connectivity index (χ1v) is 5.55. The molecule has 4 heteroatoms. The van der Waals surface area contributed by atoms with E-state index in [-0.39, 0.29) is 23.8 Å². The molecule has 0 aromatic heterocycles. The molecule has 1 saturated heterocycles. The summed E-state index contributed by atoms with van der Waals surface area (Å²) < 4.78 is 0. The Balaban J connectivity index is 2.71. The molecule has 1 fully saturated rings. The predicted octanol–water partition coefficient (Wildman–Crippen LogP) is 0.564. The summed E-state index contributed by atoms with van der Waals surface area (Å²) in [6.07, 6.45) is 3.04. The molecule has 0 radical (unpaired) electrons. The number of carbonyl (C=O) groups excluding carboxylic acids is 2. The van der Waals surface area contributed by atoms with Gasteiger partial charge in [0.25, 0.3) is 0 Å². The molecule has 15 heavy (non-hydrogen) atoms. The fourth-order valence-corrected chi connectivity index (χ4v) is 2.21. The second-order valence-electron chi connectivity index (χ2n) is 4.15. The van der Waals surface area contributed by atoms with E-state index in [0.717, 1.165) is 25.8 Å². The van der Waals surface area contributed by atoms with E-state index in [4.69, 9.17) is 0 Å². The van der Waals surface area contributed by atoms with Gasteiger partial charge >= 0.3 is 0 Å². The van der Waals surface area contributed by atoms with Gasteiger partial charge < -0.3 is 5.32 Å². The van der Waals surface area contributed by atoms with E-state index in [1.165, 1.54) is 0 Å². The Morgan fingerprint density at radius 1 is 1.40 bits per heavy atom. The number of hydrogen-bond donors (Lipinski definition) is 1. The number of carbonyl (C=O) groups is 2. The van der Waals surface area contributed by atoms with Crippen molar-refractivity contribution in [2.45, 2.75) is 45.2 Å². The Kier molecular flexibility index (Phi) is 4.27. The Bertz CT molecular complexity index is 253. The first-order valence-electron chi connectivity index (χ1n) is 5.55. The molecule has 1 amide bonds. The quantitative estimate of drug-likeness (QED) is 0.744. The highest BCUT2D eigenvalue weighted by Gasteiger charge is 2.32. The molecule has 0 aliphatic carbocycles. The molecular formula is C11H20N2O2. The number of ketones is 1.